The van der Waals surface area contributed by atoms with Gasteiger partial charge >= 0.3 is 0 Å². The van der Waals surface area contributed by atoms with Gasteiger partial charge in [-0.15, -0.1) is 11.3 Å². The van der Waals surface area contributed by atoms with Crippen LogP contribution in [-0.2, 0) is 6.54 Å². The number of hydrogen-bond donors (Lipinski definition) is 2. The van der Waals surface area contributed by atoms with Crippen LogP contribution >= 0.6 is 11.3 Å². The molecule has 1 heterocycles. The van der Waals surface area contributed by atoms with Crippen molar-refractivity contribution < 1.29 is 4.79 Å². The lowest BCUT2D eigenvalue weighted by atomic mass is 10.0. The zero-order valence-electron chi connectivity index (χ0n) is 11.1. The lowest BCUT2D eigenvalue weighted by molar-refractivity contribution is 0.0956. The number of benzene rings is 1. The van der Waals surface area contributed by atoms with E-state index in [4.69, 9.17) is 5.73 Å². The highest BCUT2D eigenvalue weighted by Gasteiger charge is 2.10. The van der Waals surface area contributed by atoms with Crippen molar-refractivity contribution >= 4 is 22.9 Å². The van der Waals surface area contributed by atoms with Gasteiger partial charge in [0.25, 0.3) is 5.91 Å². The molecule has 0 atom stereocenters. The maximum absolute atomic E-state index is 11.9. The molecule has 19 heavy (non-hydrogen) atoms. The van der Waals surface area contributed by atoms with E-state index in [0.29, 0.717) is 23.0 Å². The Hall–Kier alpha value is -1.81. The Morgan fingerprint density at radius 1 is 1.26 bits per heavy atom. The van der Waals surface area contributed by atoms with Crippen molar-refractivity contribution in [2.45, 2.75) is 26.3 Å². The van der Waals surface area contributed by atoms with Crippen LogP contribution < -0.4 is 11.1 Å². The molecule has 0 saturated heterocycles. The molecular formula is C15H18N2OS. The Morgan fingerprint density at radius 3 is 2.47 bits per heavy atom. The van der Waals surface area contributed by atoms with Crippen molar-refractivity contribution in [3.63, 3.8) is 0 Å². The number of carbonyl (C=O) groups excluding carboxylic acids is 1. The van der Waals surface area contributed by atoms with E-state index in [0.717, 1.165) is 5.56 Å². The summed E-state index contributed by atoms with van der Waals surface area (Å²) in [5, 5.41) is 4.70. The van der Waals surface area contributed by atoms with E-state index < -0.39 is 0 Å². The summed E-state index contributed by atoms with van der Waals surface area (Å²) in [4.78, 5) is 12.5. The minimum absolute atomic E-state index is 0.111. The Balaban J connectivity index is 1.95. The Morgan fingerprint density at radius 2 is 1.95 bits per heavy atom. The maximum atomic E-state index is 11.9. The van der Waals surface area contributed by atoms with Gasteiger partial charge in [0, 0.05) is 6.54 Å². The second-order valence-corrected chi connectivity index (χ2v) is 5.70. The molecule has 1 aromatic carbocycles. The lowest BCUT2D eigenvalue weighted by Gasteiger charge is -2.08. The number of rotatable bonds is 4. The fourth-order valence-electron chi connectivity index (χ4n) is 1.79. The van der Waals surface area contributed by atoms with Gasteiger partial charge in [0.15, 0.2) is 0 Å². The third kappa shape index (κ3) is 3.35. The molecule has 0 saturated carbocycles. The molecule has 0 bridgehead atoms. The summed E-state index contributed by atoms with van der Waals surface area (Å²) in [5.74, 6) is 0.412. The van der Waals surface area contributed by atoms with Gasteiger partial charge in [-0.05, 0) is 28.5 Å². The van der Waals surface area contributed by atoms with Crippen molar-refractivity contribution in [2.24, 2.45) is 0 Å². The minimum atomic E-state index is -0.111. The van der Waals surface area contributed by atoms with Gasteiger partial charge in [-0.2, -0.15) is 0 Å². The predicted molar refractivity (Wildman–Crippen MR) is 80.4 cm³/mol. The smallest absolute Gasteiger partial charge is 0.263 e. The number of nitrogen functional groups attached to an aromatic ring is 1. The summed E-state index contributed by atoms with van der Waals surface area (Å²) in [6.07, 6.45) is 0. The highest BCUT2D eigenvalue weighted by Crippen LogP contribution is 2.19. The highest BCUT2D eigenvalue weighted by atomic mass is 32.1. The molecule has 0 fully saturated rings. The predicted octanol–water partition coefficient (Wildman–Crippen LogP) is 3.38. The van der Waals surface area contributed by atoms with E-state index in [1.165, 1.54) is 16.9 Å². The van der Waals surface area contributed by atoms with Crippen molar-refractivity contribution in [2.75, 3.05) is 5.73 Å². The van der Waals surface area contributed by atoms with Crippen LogP contribution in [0.3, 0.4) is 0 Å². The molecule has 1 aromatic heterocycles. The topological polar surface area (TPSA) is 55.1 Å². The number of anilines is 1. The standard InChI is InChI=1S/C15H18N2OS/c1-10(2)12-5-3-11(4-6-12)9-17-15(18)14-13(16)7-8-19-14/h3-8,10H,9,16H2,1-2H3,(H,17,18). The second-order valence-electron chi connectivity index (χ2n) is 4.78. The van der Waals surface area contributed by atoms with Gasteiger partial charge < -0.3 is 11.1 Å². The first-order chi connectivity index (χ1) is 9.08. The molecule has 0 aliphatic rings. The summed E-state index contributed by atoms with van der Waals surface area (Å²) in [7, 11) is 0. The SMILES string of the molecule is CC(C)c1ccc(CNC(=O)c2sccc2N)cc1. The molecule has 4 heteroatoms. The Kier molecular flexibility index (Phi) is 4.22. The first-order valence-electron chi connectivity index (χ1n) is 6.28. The van der Waals surface area contributed by atoms with Crippen LogP contribution in [0, 0.1) is 0 Å². The van der Waals surface area contributed by atoms with Gasteiger partial charge in [-0.25, -0.2) is 0 Å². The number of nitrogens with one attached hydrogen (secondary N) is 1. The summed E-state index contributed by atoms with van der Waals surface area (Å²) in [6, 6.07) is 10.1. The first kappa shape index (κ1) is 13.6. The molecule has 0 spiro atoms. The van der Waals surface area contributed by atoms with Crippen LogP contribution in [0.5, 0.6) is 0 Å². The molecule has 0 aliphatic heterocycles. The van der Waals surface area contributed by atoms with E-state index in [9.17, 15) is 4.79 Å². The van der Waals surface area contributed by atoms with E-state index in [2.05, 4.69) is 31.3 Å². The molecule has 1 amide bonds. The fourth-order valence-corrected chi connectivity index (χ4v) is 2.52. The molecule has 0 radical (unpaired) electrons. The molecular weight excluding hydrogens is 256 g/mol. The zero-order valence-corrected chi connectivity index (χ0v) is 12.0. The van der Waals surface area contributed by atoms with E-state index >= 15 is 0 Å². The zero-order chi connectivity index (χ0) is 13.8. The highest BCUT2D eigenvalue weighted by molar-refractivity contribution is 7.12. The van der Waals surface area contributed by atoms with E-state index in [1.54, 1.807) is 6.07 Å². The lowest BCUT2D eigenvalue weighted by Crippen LogP contribution is -2.22. The van der Waals surface area contributed by atoms with E-state index in [-0.39, 0.29) is 5.91 Å². The normalized spacial score (nSPS) is 10.7. The molecule has 3 N–H and O–H groups in total. The number of nitrogens with two attached hydrogens (primary N) is 1. The monoisotopic (exact) mass is 274 g/mol. The molecule has 0 unspecified atom stereocenters. The molecule has 3 nitrogen and oxygen atoms in total. The Labute approximate surface area is 117 Å². The van der Waals surface area contributed by atoms with Gasteiger partial charge in [-0.1, -0.05) is 38.1 Å². The van der Waals surface area contributed by atoms with Gasteiger partial charge in [0.2, 0.25) is 0 Å². The summed E-state index contributed by atoms with van der Waals surface area (Å²) >= 11 is 1.36. The Bertz CT molecular complexity index is 558. The first-order valence-corrected chi connectivity index (χ1v) is 7.16. The molecule has 2 aromatic rings. The summed E-state index contributed by atoms with van der Waals surface area (Å²) in [6.45, 7) is 4.85. The summed E-state index contributed by atoms with van der Waals surface area (Å²) < 4.78 is 0. The second kappa shape index (κ2) is 5.89. The maximum Gasteiger partial charge on any atom is 0.263 e. The average molecular weight is 274 g/mol. The fraction of sp³-hybridized carbons (Fsp3) is 0.267. The number of carbonyl (C=O) groups is 1. The summed E-state index contributed by atoms with van der Waals surface area (Å²) in [5.41, 5.74) is 8.65. The average Bonchev–Trinajstić information content (AvgIpc) is 2.83. The van der Waals surface area contributed by atoms with Crippen molar-refractivity contribution in [3.05, 3.63) is 51.7 Å². The number of hydrogen-bond acceptors (Lipinski definition) is 3. The van der Waals surface area contributed by atoms with Gasteiger partial charge in [0.05, 0.1) is 5.69 Å². The van der Waals surface area contributed by atoms with Crippen LogP contribution in [0.15, 0.2) is 35.7 Å². The molecule has 100 valence electrons. The van der Waals surface area contributed by atoms with Crippen molar-refractivity contribution in [3.8, 4) is 0 Å². The van der Waals surface area contributed by atoms with Gasteiger partial charge in [0.1, 0.15) is 4.88 Å². The van der Waals surface area contributed by atoms with Crippen LogP contribution in [0.1, 0.15) is 40.6 Å². The quantitative estimate of drug-likeness (QED) is 0.898. The van der Waals surface area contributed by atoms with E-state index in [1.807, 2.05) is 17.5 Å². The van der Waals surface area contributed by atoms with Crippen LogP contribution in [0.2, 0.25) is 0 Å². The van der Waals surface area contributed by atoms with Crippen LogP contribution in [0.4, 0.5) is 5.69 Å². The number of amides is 1. The van der Waals surface area contributed by atoms with Crippen molar-refractivity contribution in [1.29, 1.82) is 0 Å². The third-order valence-electron chi connectivity index (χ3n) is 3.00. The van der Waals surface area contributed by atoms with Gasteiger partial charge in [-0.3, -0.25) is 4.79 Å². The molecule has 2 rings (SSSR count). The molecule has 0 aliphatic carbocycles. The minimum Gasteiger partial charge on any atom is -0.397 e. The third-order valence-corrected chi connectivity index (χ3v) is 3.93. The van der Waals surface area contributed by atoms with Crippen LogP contribution in [-0.4, -0.2) is 5.91 Å². The number of thiophene rings is 1. The largest absolute Gasteiger partial charge is 0.397 e. The van der Waals surface area contributed by atoms with Crippen molar-refractivity contribution in [1.82, 2.24) is 5.32 Å². The van der Waals surface area contributed by atoms with Crippen LogP contribution in [0.25, 0.3) is 0 Å².